The van der Waals surface area contributed by atoms with E-state index in [1.165, 1.54) is 0 Å². The van der Waals surface area contributed by atoms with Gasteiger partial charge in [-0.15, -0.1) is 6.58 Å². The van der Waals surface area contributed by atoms with E-state index in [9.17, 15) is 0 Å². The molecule has 0 heterocycles. The summed E-state index contributed by atoms with van der Waals surface area (Å²) in [6.07, 6.45) is 7.95. The van der Waals surface area contributed by atoms with Crippen LogP contribution >= 0.6 is 0 Å². The second-order valence-electron chi connectivity index (χ2n) is 1.57. The lowest BCUT2D eigenvalue weighted by Crippen LogP contribution is -1.94. The quantitative estimate of drug-likeness (QED) is 0.546. The van der Waals surface area contributed by atoms with Crippen molar-refractivity contribution in [3.05, 3.63) is 24.8 Å². The Bertz CT molecular complexity index is 74.5. The number of allylic oxidation sites excluding steroid dienone is 2. The van der Waals surface area contributed by atoms with Crippen LogP contribution in [0.15, 0.2) is 24.8 Å². The maximum Gasteiger partial charge on any atom is -0.00426 e. The highest BCUT2D eigenvalue weighted by atomic mass is 14.5. The van der Waals surface area contributed by atoms with E-state index in [2.05, 4.69) is 18.7 Å². The third-order valence-corrected chi connectivity index (χ3v) is 0.803. The van der Waals surface area contributed by atoms with Crippen LogP contribution in [0.25, 0.3) is 0 Å². The van der Waals surface area contributed by atoms with Crippen molar-refractivity contribution in [2.75, 3.05) is 6.54 Å². The molecule has 0 fully saturated rings. The topological polar surface area (TPSA) is 26.0 Å². The lowest BCUT2D eigenvalue weighted by molar-refractivity contribution is 1.00. The van der Waals surface area contributed by atoms with Crippen LogP contribution < -0.4 is 5.73 Å². The largest absolute Gasteiger partial charge is 0.330 e. The minimum atomic E-state index is 0.744. The molecule has 2 N–H and O–H groups in total. The minimum absolute atomic E-state index is 0.744. The van der Waals surface area contributed by atoms with Crippen molar-refractivity contribution in [3.63, 3.8) is 0 Å². The molecule has 0 aliphatic carbocycles. The van der Waals surface area contributed by atoms with Gasteiger partial charge in [-0.25, -0.2) is 0 Å². The van der Waals surface area contributed by atoms with Crippen LogP contribution in [0.4, 0.5) is 0 Å². The Hall–Kier alpha value is -0.560. The van der Waals surface area contributed by atoms with Crippen molar-refractivity contribution in [2.24, 2.45) is 5.73 Å². The molecular weight excluding hydrogens is 98.1 g/mol. The fourth-order valence-corrected chi connectivity index (χ4v) is 0.407. The molecule has 1 heteroatoms. The van der Waals surface area contributed by atoms with E-state index in [4.69, 9.17) is 5.73 Å². The highest BCUT2D eigenvalue weighted by Crippen LogP contribution is 1.84. The Labute approximate surface area is 50.9 Å². The zero-order valence-electron chi connectivity index (χ0n) is 5.14. The molecule has 0 amide bonds. The second-order valence-corrected chi connectivity index (χ2v) is 1.57. The molecule has 0 aromatic heterocycles. The van der Waals surface area contributed by atoms with E-state index >= 15 is 0 Å². The first-order chi connectivity index (χ1) is 3.91. The third-order valence-electron chi connectivity index (χ3n) is 0.803. The van der Waals surface area contributed by atoms with E-state index in [0.29, 0.717) is 0 Å². The smallest absolute Gasteiger partial charge is 0.00426 e. The van der Waals surface area contributed by atoms with Crippen molar-refractivity contribution in [1.82, 2.24) is 0 Å². The summed E-state index contributed by atoms with van der Waals surface area (Å²) < 4.78 is 0. The van der Waals surface area contributed by atoms with E-state index in [-0.39, 0.29) is 0 Å². The Balaban J connectivity index is 2.94. The fraction of sp³-hybridized carbons (Fsp3) is 0.429. The summed E-state index contributed by atoms with van der Waals surface area (Å²) in [7, 11) is 0. The maximum absolute atomic E-state index is 5.23. The highest BCUT2D eigenvalue weighted by Gasteiger charge is 1.69. The maximum atomic E-state index is 5.23. The predicted octanol–water partition coefficient (Wildman–Crippen LogP) is 1.47. The Morgan fingerprint density at radius 1 is 1.38 bits per heavy atom. The van der Waals surface area contributed by atoms with Gasteiger partial charge in [0.1, 0.15) is 0 Å². The number of nitrogens with two attached hydrogens (primary N) is 1. The number of hydrogen-bond acceptors (Lipinski definition) is 1. The molecular formula is C7H13N. The lowest BCUT2D eigenvalue weighted by Gasteiger charge is -1.81. The van der Waals surface area contributed by atoms with Crippen LogP contribution in [0.3, 0.4) is 0 Å². The van der Waals surface area contributed by atoms with Gasteiger partial charge in [0, 0.05) is 0 Å². The van der Waals surface area contributed by atoms with Crippen LogP contribution in [-0.4, -0.2) is 6.54 Å². The van der Waals surface area contributed by atoms with Gasteiger partial charge in [-0.3, -0.25) is 0 Å². The minimum Gasteiger partial charge on any atom is -0.330 e. The van der Waals surface area contributed by atoms with Gasteiger partial charge in [0.05, 0.1) is 0 Å². The van der Waals surface area contributed by atoms with Crippen LogP contribution in [0.1, 0.15) is 12.8 Å². The van der Waals surface area contributed by atoms with Crippen LogP contribution in [0.2, 0.25) is 0 Å². The van der Waals surface area contributed by atoms with Crippen LogP contribution in [-0.2, 0) is 0 Å². The Kier molecular flexibility index (Phi) is 5.99. The van der Waals surface area contributed by atoms with Gasteiger partial charge < -0.3 is 5.73 Å². The molecule has 0 unspecified atom stereocenters. The summed E-state index contributed by atoms with van der Waals surface area (Å²) in [6.45, 7) is 4.32. The molecule has 0 aromatic carbocycles. The Morgan fingerprint density at radius 2 is 2.12 bits per heavy atom. The number of hydrogen-bond donors (Lipinski definition) is 1. The predicted molar refractivity (Wildman–Crippen MR) is 37.6 cm³/mol. The standard InChI is InChI=1S/C7H13N/c1-2-3-4-5-6-7-8/h2,4-5H,1,3,6-8H2. The first-order valence-corrected chi connectivity index (χ1v) is 2.87. The molecule has 0 aliphatic heterocycles. The van der Waals surface area contributed by atoms with Crippen molar-refractivity contribution < 1.29 is 0 Å². The Morgan fingerprint density at radius 3 is 2.62 bits per heavy atom. The first-order valence-electron chi connectivity index (χ1n) is 2.87. The molecule has 8 heavy (non-hydrogen) atoms. The summed E-state index contributed by atoms with van der Waals surface area (Å²) >= 11 is 0. The SMILES string of the molecule is C=CCC=CCCN. The van der Waals surface area contributed by atoms with Crippen molar-refractivity contribution in [3.8, 4) is 0 Å². The highest BCUT2D eigenvalue weighted by molar-refractivity contribution is 4.88. The van der Waals surface area contributed by atoms with Crippen LogP contribution in [0.5, 0.6) is 0 Å². The molecule has 0 aliphatic rings. The van der Waals surface area contributed by atoms with Crippen molar-refractivity contribution >= 4 is 0 Å². The molecule has 0 rings (SSSR count). The summed E-state index contributed by atoms with van der Waals surface area (Å²) in [6, 6.07) is 0. The van der Waals surface area contributed by atoms with E-state index in [0.717, 1.165) is 19.4 Å². The van der Waals surface area contributed by atoms with E-state index in [1.54, 1.807) is 0 Å². The van der Waals surface area contributed by atoms with Gasteiger partial charge in [0.15, 0.2) is 0 Å². The number of rotatable bonds is 4. The molecule has 0 bridgehead atoms. The molecule has 0 spiro atoms. The third kappa shape index (κ3) is 5.44. The summed E-state index contributed by atoms with van der Waals surface area (Å²) in [5, 5.41) is 0. The molecule has 0 saturated heterocycles. The fourth-order valence-electron chi connectivity index (χ4n) is 0.407. The van der Waals surface area contributed by atoms with Gasteiger partial charge in [-0.2, -0.15) is 0 Å². The zero-order valence-corrected chi connectivity index (χ0v) is 5.14. The van der Waals surface area contributed by atoms with Gasteiger partial charge in [0.2, 0.25) is 0 Å². The van der Waals surface area contributed by atoms with Crippen molar-refractivity contribution in [1.29, 1.82) is 0 Å². The van der Waals surface area contributed by atoms with Crippen LogP contribution in [0, 0.1) is 0 Å². The van der Waals surface area contributed by atoms with E-state index in [1.807, 2.05) is 6.08 Å². The monoisotopic (exact) mass is 111 g/mol. The van der Waals surface area contributed by atoms with Gasteiger partial charge >= 0.3 is 0 Å². The lowest BCUT2D eigenvalue weighted by atomic mass is 10.3. The average Bonchev–Trinajstić information content (AvgIpc) is 1.81. The molecule has 1 nitrogen and oxygen atoms in total. The average molecular weight is 111 g/mol. The van der Waals surface area contributed by atoms with Gasteiger partial charge in [-0.1, -0.05) is 18.2 Å². The summed E-state index contributed by atoms with van der Waals surface area (Å²) in [5.41, 5.74) is 5.23. The molecule has 0 aromatic rings. The summed E-state index contributed by atoms with van der Waals surface area (Å²) in [5.74, 6) is 0. The summed E-state index contributed by atoms with van der Waals surface area (Å²) in [4.78, 5) is 0. The molecule has 46 valence electrons. The molecule has 0 radical (unpaired) electrons. The van der Waals surface area contributed by atoms with Crippen molar-refractivity contribution in [2.45, 2.75) is 12.8 Å². The zero-order chi connectivity index (χ0) is 6.24. The van der Waals surface area contributed by atoms with Gasteiger partial charge in [0.25, 0.3) is 0 Å². The second kappa shape index (κ2) is 6.44. The van der Waals surface area contributed by atoms with Gasteiger partial charge in [-0.05, 0) is 19.4 Å². The normalized spacial score (nSPS) is 10.1. The molecule has 0 atom stereocenters. The molecule has 0 saturated carbocycles. The first kappa shape index (κ1) is 7.44. The van der Waals surface area contributed by atoms with E-state index < -0.39 is 0 Å².